The van der Waals surface area contributed by atoms with Gasteiger partial charge in [-0.2, -0.15) is 0 Å². The molecule has 0 fully saturated rings. The zero-order chi connectivity index (χ0) is 12.5. The van der Waals surface area contributed by atoms with Gasteiger partial charge in [0.05, 0.1) is 0 Å². The van der Waals surface area contributed by atoms with Crippen LogP contribution in [0.3, 0.4) is 0 Å². The van der Waals surface area contributed by atoms with E-state index in [1.807, 2.05) is 0 Å². The average molecular weight is 261 g/mol. The number of anilines is 1. The van der Waals surface area contributed by atoms with Crippen LogP contribution in [0.15, 0.2) is 17.0 Å². The van der Waals surface area contributed by atoms with Crippen molar-refractivity contribution >= 4 is 17.4 Å². The highest BCUT2D eigenvalue weighted by Crippen LogP contribution is 2.41. The van der Waals surface area contributed by atoms with Gasteiger partial charge in [-0.1, -0.05) is 19.4 Å². The van der Waals surface area contributed by atoms with Gasteiger partial charge in [0, 0.05) is 21.9 Å². The van der Waals surface area contributed by atoms with Gasteiger partial charge in [0.15, 0.2) is 0 Å². The topological polar surface area (TPSA) is 12.0 Å². The van der Waals surface area contributed by atoms with Crippen LogP contribution in [0, 0.1) is 0 Å². The number of nitrogens with one attached hydrogen (secondary N) is 1. The van der Waals surface area contributed by atoms with Crippen LogP contribution in [0.2, 0.25) is 0 Å². The third kappa shape index (κ3) is 2.40. The van der Waals surface area contributed by atoms with Gasteiger partial charge in [-0.15, -0.1) is 11.8 Å². The highest BCUT2D eigenvalue weighted by atomic mass is 32.2. The van der Waals surface area contributed by atoms with Gasteiger partial charge in [0.25, 0.3) is 0 Å². The number of hydrogen-bond donors (Lipinski definition) is 1. The minimum absolute atomic E-state index is 0.621. The lowest BCUT2D eigenvalue weighted by atomic mass is 9.96. The molecule has 0 spiro atoms. The van der Waals surface area contributed by atoms with E-state index < -0.39 is 0 Å². The molecule has 0 radical (unpaired) electrons. The van der Waals surface area contributed by atoms with Crippen molar-refractivity contribution in [2.24, 2.45) is 0 Å². The summed E-state index contributed by atoms with van der Waals surface area (Å²) in [5.74, 6) is 0. The zero-order valence-electron chi connectivity index (χ0n) is 11.5. The first-order valence-corrected chi connectivity index (χ1v) is 8.23. The Balaban J connectivity index is 1.92. The fourth-order valence-electron chi connectivity index (χ4n) is 3.08. The van der Waals surface area contributed by atoms with E-state index in [0.717, 1.165) is 5.25 Å². The largest absolute Gasteiger partial charge is 0.382 e. The molecule has 3 rings (SSSR count). The molecule has 1 N–H and O–H groups in total. The lowest BCUT2D eigenvalue weighted by molar-refractivity contribution is 0.609. The normalized spacial score (nSPS) is 26.8. The van der Waals surface area contributed by atoms with Crippen molar-refractivity contribution in [3.63, 3.8) is 0 Å². The fourth-order valence-corrected chi connectivity index (χ4v) is 4.35. The second kappa shape index (κ2) is 5.16. The van der Waals surface area contributed by atoms with Crippen molar-refractivity contribution in [3.05, 3.63) is 23.3 Å². The molecule has 0 aliphatic carbocycles. The molecular weight excluding hydrogens is 238 g/mol. The van der Waals surface area contributed by atoms with Crippen molar-refractivity contribution in [2.75, 3.05) is 5.32 Å². The lowest BCUT2D eigenvalue weighted by Gasteiger charge is -2.22. The minimum Gasteiger partial charge on any atom is -0.382 e. The third-order valence-electron chi connectivity index (χ3n) is 4.22. The molecule has 2 heterocycles. The van der Waals surface area contributed by atoms with Crippen molar-refractivity contribution < 1.29 is 0 Å². The summed E-state index contributed by atoms with van der Waals surface area (Å²) in [6, 6.07) is 5.53. The first-order valence-electron chi connectivity index (χ1n) is 7.35. The molecule has 1 nitrogen and oxygen atoms in total. The number of fused-ring (bicyclic) bond motifs is 2. The van der Waals surface area contributed by atoms with Crippen LogP contribution in [0.1, 0.15) is 50.7 Å². The maximum Gasteiger partial charge on any atom is 0.0386 e. The van der Waals surface area contributed by atoms with E-state index >= 15 is 0 Å². The lowest BCUT2D eigenvalue weighted by Crippen LogP contribution is -2.18. The molecule has 0 saturated carbocycles. The summed E-state index contributed by atoms with van der Waals surface area (Å²) < 4.78 is 0. The number of rotatable bonds is 1. The Morgan fingerprint density at radius 1 is 1.28 bits per heavy atom. The smallest absolute Gasteiger partial charge is 0.0386 e. The third-order valence-corrected chi connectivity index (χ3v) is 5.69. The highest BCUT2D eigenvalue weighted by Gasteiger charge is 2.23. The predicted molar refractivity (Wildman–Crippen MR) is 80.7 cm³/mol. The van der Waals surface area contributed by atoms with Crippen molar-refractivity contribution in [1.29, 1.82) is 0 Å². The summed E-state index contributed by atoms with van der Waals surface area (Å²) >= 11 is 2.08. The monoisotopic (exact) mass is 261 g/mol. The molecule has 0 aromatic heterocycles. The summed E-state index contributed by atoms with van der Waals surface area (Å²) in [6.45, 7) is 4.62. The second-order valence-electron chi connectivity index (χ2n) is 5.76. The highest BCUT2D eigenvalue weighted by molar-refractivity contribution is 8.00. The number of benzene rings is 1. The molecule has 2 unspecified atom stereocenters. The van der Waals surface area contributed by atoms with Crippen LogP contribution in [0.25, 0.3) is 0 Å². The number of hydrogen-bond acceptors (Lipinski definition) is 2. The maximum atomic E-state index is 3.71. The Kier molecular flexibility index (Phi) is 3.56. The van der Waals surface area contributed by atoms with Crippen molar-refractivity contribution in [3.8, 4) is 0 Å². The Labute approximate surface area is 115 Å². The summed E-state index contributed by atoms with van der Waals surface area (Å²) in [7, 11) is 0. The molecule has 18 heavy (non-hydrogen) atoms. The summed E-state index contributed by atoms with van der Waals surface area (Å²) in [6.07, 6.45) is 7.83. The molecule has 2 aliphatic heterocycles. The van der Waals surface area contributed by atoms with E-state index in [-0.39, 0.29) is 0 Å². The number of aryl methyl sites for hydroxylation is 1. The molecule has 1 aromatic carbocycles. The van der Waals surface area contributed by atoms with Crippen LogP contribution in [-0.4, -0.2) is 11.3 Å². The molecule has 98 valence electrons. The number of thioether (sulfide) groups is 1. The minimum atomic E-state index is 0.621. The second-order valence-corrected chi connectivity index (χ2v) is 7.10. The quantitative estimate of drug-likeness (QED) is 0.790. The average Bonchev–Trinajstić information content (AvgIpc) is 2.74. The summed E-state index contributed by atoms with van der Waals surface area (Å²) in [5.41, 5.74) is 4.56. The van der Waals surface area contributed by atoms with Gasteiger partial charge < -0.3 is 5.32 Å². The van der Waals surface area contributed by atoms with Gasteiger partial charge in [-0.25, -0.2) is 0 Å². The van der Waals surface area contributed by atoms with Gasteiger partial charge in [-0.05, 0) is 56.2 Å². The predicted octanol–water partition coefficient (Wildman–Crippen LogP) is 4.64. The molecule has 2 heteroatoms. The molecule has 0 saturated heterocycles. The van der Waals surface area contributed by atoms with E-state index in [4.69, 9.17) is 0 Å². The Morgan fingerprint density at radius 3 is 3.00 bits per heavy atom. The van der Waals surface area contributed by atoms with Gasteiger partial charge in [0.2, 0.25) is 0 Å². The van der Waals surface area contributed by atoms with Crippen LogP contribution >= 0.6 is 11.8 Å². The van der Waals surface area contributed by atoms with E-state index in [1.165, 1.54) is 49.1 Å². The molecule has 1 aromatic rings. The standard InChI is InChI=1S/C16H23NS/c1-3-14-9-13-8-12-7-5-4-6-11(2)17-15(12)10-16(13)18-14/h8,10-11,14,17H,3-7,9H2,1-2H3. The maximum absolute atomic E-state index is 3.71. The van der Waals surface area contributed by atoms with E-state index in [2.05, 4.69) is 43.1 Å². The molecule has 2 atom stereocenters. The van der Waals surface area contributed by atoms with Crippen LogP contribution in [-0.2, 0) is 12.8 Å². The zero-order valence-corrected chi connectivity index (χ0v) is 12.3. The molecular formula is C16H23NS. The fraction of sp³-hybridized carbons (Fsp3) is 0.625. The summed E-state index contributed by atoms with van der Waals surface area (Å²) in [5, 5.41) is 4.52. The first kappa shape index (κ1) is 12.4. The van der Waals surface area contributed by atoms with Crippen LogP contribution in [0.5, 0.6) is 0 Å². The van der Waals surface area contributed by atoms with Crippen LogP contribution < -0.4 is 5.32 Å². The van der Waals surface area contributed by atoms with E-state index in [1.54, 1.807) is 11.1 Å². The molecule has 2 aliphatic rings. The van der Waals surface area contributed by atoms with Crippen molar-refractivity contribution in [2.45, 2.75) is 68.6 Å². The Hall–Kier alpha value is -0.630. The van der Waals surface area contributed by atoms with E-state index in [9.17, 15) is 0 Å². The van der Waals surface area contributed by atoms with Gasteiger partial charge in [0.1, 0.15) is 0 Å². The summed E-state index contributed by atoms with van der Waals surface area (Å²) in [4.78, 5) is 1.53. The van der Waals surface area contributed by atoms with Gasteiger partial charge in [-0.3, -0.25) is 0 Å². The molecule has 0 amide bonds. The van der Waals surface area contributed by atoms with Gasteiger partial charge >= 0.3 is 0 Å². The first-order chi connectivity index (χ1) is 8.76. The Bertz CT molecular complexity index is 441. The van der Waals surface area contributed by atoms with Crippen molar-refractivity contribution in [1.82, 2.24) is 0 Å². The van der Waals surface area contributed by atoms with Crippen LogP contribution in [0.4, 0.5) is 5.69 Å². The van der Waals surface area contributed by atoms with E-state index in [0.29, 0.717) is 6.04 Å². The SMILES string of the molecule is CCC1Cc2cc3c(cc2S1)NC(C)CCCC3. The molecule has 0 bridgehead atoms. The Morgan fingerprint density at radius 2 is 2.17 bits per heavy atom.